The van der Waals surface area contributed by atoms with E-state index < -0.39 is 11.9 Å². The van der Waals surface area contributed by atoms with Crippen LogP contribution in [0.15, 0.2) is 53.9 Å². The van der Waals surface area contributed by atoms with E-state index >= 15 is 0 Å². The number of halogens is 2. The van der Waals surface area contributed by atoms with Crippen LogP contribution in [-0.4, -0.2) is 25.9 Å². The van der Waals surface area contributed by atoms with Gasteiger partial charge in [0.25, 0.3) is 0 Å². The number of carboxylic acid groups (broad SMARTS) is 1. The quantitative estimate of drug-likeness (QED) is 0.595. The van der Waals surface area contributed by atoms with Crippen LogP contribution >= 0.6 is 31.9 Å². The molecule has 1 aromatic carbocycles. The van der Waals surface area contributed by atoms with E-state index in [1.54, 1.807) is 6.20 Å². The number of nitrogens with one attached hydrogen (secondary N) is 1. The highest BCUT2D eigenvalue weighted by Gasteiger charge is 2.37. The molecule has 26 heavy (non-hydrogen) atoms. The van der Waals surface area contributed by atoms with Gasteiger partial charge in [-0.25, -0.2) is 9.78 Å². The van der Waals surface area contributed by atoms with Crippen LogP contribution < -0.4 is 10.1 Å². The number of hydrogen-bond donors (Lipinski definition) is 2. The number of alkyl halides is 2. The Balaban J connectivity index is 2.30. The van der Waals surface area contributed by atoms with Crippen molar-refractivity contribution in [1.82, 2.24) is 4.98 Å². The minimum absolute atomic E-state index is 0.0795. The zero-order valence-corrected chi connectivity index (χ0v) is 17.4. The predicted molar refractivity (Wildman–Crippen MR) is 108 cm³/mol. The summed E-state index contributed by atoms with van der Waals surface area (Å²) in [5, 5.41) is 13.2. The fourth-order valence-electron chi connectivity index (χ4n) is 3.06. The number of nitrogens with zero attached hydrogens (tertiary/aromatic N) is 1. The van der Waals surface area contributed by atoms with Crippen LogP contribution in [-0.2, 0) is 4.79 Å². The molecule has 0 spiro atoms. The first-order valence-electron chi connectivity index (χ1n) is 8.13. The largest absolute Gasteiger partial charge is 0.478 e. The summed E-state index contributed by atoms with van der Waals surface area (Å²) in [6.07, 6.45) is 1.58. The van der Waals surface area contributed by atoms with Crippen molar-refractivity contribution in [2.45, 2.75) is 29.6 Å². The molecule has 136 valence electrons. The highest BCUT2D eigenvalue weighted by molar-refractivity contribution is 9.24. The Morgan fingerprint density at radius 2 is 1.92 bits per heavy atom. The Hall–Kier alpha value is -1.86. The van der Waals surface area contributed by atoms with Crippen molar-refractivity contribution >= 4 is 43.5 Å². The number of hydrogen-bond acceptors (Lipinski definition) is 4. The molecule has 0 fully saturated rings. The van der Waals surface area contributed by atoms with Gasteiger partial charge in [-0.05, 0) is 25.5 Å². The molecule has 0 saturated heterocycles. The summed E-state index contributed by atoms with van der Waals surface area (Å²) in [6.45, 7) is 3.84. The van der Waals surface area contributed by atoms with Gasteiger partial charge in [0.2, 0.25) is 5.88 Å². The topological polar surface area (TPSA) is 71.5 Å². The molecule has 0 saturated carbocycles. The minimum Gasteiger partial charge on any atom is -0.478 e. The standard InChI is InChI=1S/C19H18Br2N2O3/c1-10(2)26-18-14-12(8-9-22-18)23-16(17(20)21)15(19(24)25)13(14)11-6-4-3-5-7-11/h3-10,13,17,23H,1-2H3,(H,24,25). The van der Waals surface area contributed by atoms with E-state index in [4.69, 9.17) is 4.74 Å². The summed E-state index contributed by atoms with van der Waals surface area (Å²) < 4.78 is 5.57. The Morgan fingerprint density at radius 1 is 1.23 bits per heavy atom. The number of aromatic nitrogens is 1. The van der Waals surface area contributed by atoms with Crippen LogP contribution in [0, 0.1) is 0 Å². The number of benzene rings is 1. The molecule has 5 nitrogen and oxygen atoms in total. The average molecular weight is 482 g/mol. The van der Waals surface area contributed by atoms with Crippen molar-refractivity contribution in [3.8, 4) is 5.88 Å². The van der Waals surface area contributed by atoms with Gasteiger partial charge >= 0.3 is 5.97 Å². The first kappa shape index (κ1) is 18.9. The smallest absolute Gasteiger partial charge is 0.334 e. The first-order valence-corrected chi connectivity index (χ1v) is 9.96. The number of carboxylic acids is 1. The summed E-state index contributed by atoms with van der Waals surface area (Å²) in [6, 6.07) is 11.4. The lowest BCUT2D eigenvalue weighted by Gasteiger charge is -2.32. The van der Waals surface area contributed by atoms with E-state index in [0.29, 0.717) is 11.6 Å². The molecule has 1 unspecified atom stereocenters. The molecule has 2 heterocycles. The van der Waals surface area contributed by atoms with Gasteiger partial charge in [-0.15, -0.1) is 0 Å². The Morgan fingerprint density at radius 3 is 2.50 bits per heavy atom. The molecular formula is C19H18Br2N2O3. The lowest BCUT2D eigenvalue weighted by atomic mass is 9.81. The number of anilines is 1. The van der Waals surface area contributed by atoms with Gasteiger partial charge in [-0.1, -0.05) is 62.2 Å². The van der Waals surface area contributed by atoms with E-state index in [1.165, 1.54) is 0 Å². The summed E-state index contributed by atoms with van der Waals surface area (Å²) in [7, 11) is 0. The van der Waals surface area contributed by atoms with Gasteiger partial charge in [0, 0.05) is 17.4 Å². The van der Waals surface area contributed by atoms with Crippen molar-refractivity contribution in [3.63, 3.8) is 0 Å². The number of allylic oxidation sites excluding steroid dienone is 1. The maximum absolute atomic E-state index is 12.2. The van der Waals surface area contributed by atoms with Crippen LogP contribution in [0.25, 0.3) is 0 Å². The van der Waals surface area contributed by atoms with Crippen molar-refractivity contribution < 1.29 is 14.6 Å². The molecule has 2 aromatic rings. The fraction of sp³-hybridized carbons (Fsp3) is 0.263. The summed E-state index contributed by atoms with van der Waals surface area (Å²) in [4.78, 5) is 16.6. The lowest BCUT2D eigenvalue weighted by molar-refractivity contribution is -0.133. The van der Waals surface area contributed by atoms with Crippen LogP contribution in [0.2, 0.25) is 0 Å². The first-order chi connectivity index (χ1) is 12.4. The lowest BCUT2D eigenvalue weighted by Crippen LogP contribution is -2.27. The van der Waals surface area contributed by atoms with E-state index in [-0.39, 0.29) is 15.4 Å². The third-order valence-electron chi connectivity index (χ3n) is 4.02. The second kappa shape index (κ2) is 7.80. The van der Waals surface area contributed by atoms with E-state index in [0.717, 1.165) is 16.8 Å². The molecule has 1 aliphatic heterocycles. The third kappa shape index (κ3) is 3.64. The SMILES string of the molecule is CC(C)Oc1nccc2c1C(c1ccccc1)C(C(=O)O)=C(C(Br)Br)N2. The van der Waals surface area contributed by atoms with E-state index in [2.05, 4.69) is 42.2 Å². The maximum atomic E-state index is 12.2. The second-order valence-electron chi connectivity index (χ2n) is 6.15. The zero-order chi connectivity index (χ0) is 18.8. The zero-order valence-electron chi connectivity index (χ0n) is 14.2. The molecule has 0 radical (unpaired) electrons. The minimum atomic E-state index is -0.991. The van der Waals surface area contributed by atoms with E-state index in [9.17, 15) is 9.90 Å². The summed E-state index contributed by atoms with van der Waals surface area (Å²) in [5.41, 5.74) is 3.19. The van der Waals surface area contributed by atoms with Crippen LogP contribution in [0.3, 0.4) is 0 Å². The molecule has 0 bridgehead atoms. The normalized spacial score (nSPS) is 16.5. The predicted octanol–water partition coefficient (Wildman–Crippen LogP) is 4.88. The fourth-order valence-corrected chi connectivity index (χ4v) is 3.78. The average Bonchev–Trinajstić information content (AvgIpc) is 2.60. The highest BCUT2D eigenvalue weighted by atomic mass is 79.9. The van der Waals surface area contributed by atoms with Gasteiger partial charge in [-0.2, -0.15) is 0 Å². The molecular weight excluding hydrogens is 464 g/mol. The van der Waals surface area contributed by atoms with Crippen LogP contribution in [0.1, 0.15) is 30.9 Å². The molecule has 1 aromatic heterocycles. The molecule has 2 N–H and O–H groups in total. The Labute approximate surface area is 168 Å². The van der Waals surface area contributed by atoms with Gasteiger partial charge in [0.05, 0.1) is 23.3 Å². The molecule has 3 rings (SSSR count). The molecule has 1 atom stereocenters. The molecule has 7 heteroatoms. The van der Waals surface area contributed by atoms with Gasteiger partial charge in [0.1, 0.15) is 3.74 Å². The number of fused-ring (bicyclic) bond motifs is 1. The Bertz CT molecular complexity index is 851. The van der Waals surface area contributed by atoms with Crippen molar-refractivity contribution in [1.29, 1.82) is 0 Å². The third-order valence-corrected chi connectivity index (χ3v) is 4.93. The van der Waals surface area contributed by atoms with Crippen LogP contribution in [0.5, 0.6) is 5.88 Å². The number of carbonyl (C=O) groups is 1. The Kier molecular flexibility index (Phi) is 5.67. The summed E-state index contributed by atoms with van der Waals surface area (Å²) >= 11 is 6.88. The number of pyridine rings is 1. The maximum Gasteiger partial charge on any atom is 0.334 e. The summed E-state index contributed by atoms with van der Waals surface area (Å²) in [5.74, 6) is -1.05. The van der Waals surface area contributed by atoms with Gasteiger partial charge in [0.15, 0.2) is 0 Å². The molecule has 0 aliphatic carbocycles. The molecule has 1 aliphatic rings. The van der Waals surface area contributed by atoms with Crippen molar-refractivity contribution in [3.05, 3.63) is 65.0 Å². The number of aliphatic carboxylic acids is 1. The van der Waals surface area contributed by atoms with Gasteiger partial charge < -0.3 is 15.2 Å². The highest BCUT2D eigenvalue weighted by Crippen LogP contribution is 2.47. The number of ether oxygens (including phenoxy) is 1. The number of rotatable bonds is 5. The van der Waals surface area contributed by atoms with Crippen molar-refractivity contribution in [2.24, 2.45) is 0 Å². The molecule has 0 amide bonds. The van der Waals surface area contributed by atoms with E-state index in [1.807, 2.05) is 50.2 Å². The second-order valence-corrected chi connectivity index (χ2v) is 9.21. The monoisotopic (exact) mass is 480 g/mol. The van der Waals surface area contributed by atoms with Crippen LogP contribution in [0.4, 0.5) is 5.69 Å². The van der Waals surface area contributed by atoms with Crippen molar-refractivity contribution in [2.75, 3.05) is 5.32 Å². The van der Waals surface area contributed by atoms with Gasteiger partial charge in [-0.3, -0.25) is 0 Å².